The number of nitrogens with zero attached hydrogens (tertiary/aromatic N) is 1. The molecule has 3 aromatic rings. The Morgan fingerprint density at radius 1 is 1.15 bits per heavy atom. The van der Waals surface area contributed by atoms with Crippen LogP contribution in [0.5, 0.6) is 11.5 Å². The van der Waals surface area contributed by atoms with Crippen molar-refractivity contribution in [2.24, 2.45) is 0 Å². The first-order chi connectivity index (χ1) is 12.6. The van der Waals surface area contributed by atoms with Gasteiger partial charge in [-0.3, -0.25) is 4.79 Å². The molecular weight excluding hydrogens is 348 g/mol. The lowest BCUT2D eigenvalue weighted by Gasteiger charge is -2.13. The van der Waals surface area contributed by atoms with Crippen molar-refractivity contribution in [2.45, 2.75) is 24.1 Å². The van der Waals surface area contributed by atoms with Crippen LogP contribution in [0.25, 0.3) is 10.9 Å². The van der Waals surface area contributed by atoms with Crippen molar-refractivity contribution in [3.8, 4) is 11.5 Å². The largest absolute Gasteiger partial charge is 0.454 e. The Kier molecular flexibility index (Phi) is 4.42. The van der Waals surface area contributed by atoms with Crippen molar-refractivity contribution in [1.29, 1.82) is 0 Å². The lowest BCUT2D eigenvalue weighted by Crippen LogP contribution is -2.22. The molecule has 2 heterocycles. The third kappa shape index (κ3) is 3.32. The summed E-state index contributed by atoms with van der Waals surface area (Å²) in [6.07, 6.45) is 0. The van der Waals surface area contributed by atoms with Gasteiger partial charge in [-0.15, -0.1) is 0 Å². The van der Waals surface area contributed by atoms with Gasteiger partial charge in [0.25, 0.3) is 0 Å². The van der Waals surface area contributed by atoms with E-state index in [2.05, 4.69) is 23.3 Å². The average molecular weight is 366 g/mol. The molecule has 0 fully saturated rings. The number of amides is 1. The maximum Gasteiger partial charge on any atom is 0.237 e. The molecule has 4 rings (SSSR count). The Morgan fingerprint density at radius 3 is 2.85 bits per heavy atom. The van der Waals surface area contributed by atoms with E-state index in [1.54, 1.807) is 18.2 Å². The van der Waals surface area contributed by atoms with E-state index in [0.29, 0.717) is 17.2 Å². The summed E-state index contributed by atoms with van der Waals surface area (Å²) in [5, 5.41) is 4.61. The highest BCUT2D eigenvalue weighted by Gasteiger charge is 2.18. The predicted molar refractivity (Wildman–Crippen MR) is 103 cm³/mol. The summed E-state index contributed by atoms with van der Waals surface area (Å²) in [7, 11) is 0. The lowest BCUT2D eigenvalue weighted by atomic mass is 10.1. The second kappa shape index (κ2) is 6.88. The molecule has 132 valence electrons. The minimum absolute atomic E-state index is 0.0820. The Bertz CT molecular complexity index is 990. The molecule has 2 aromatic carbocycles. The van der Waals surface area contributed by atoms with Crippen molar-refractivity contribution in [3.63, 3.8) is 0 Å². The van der Waals surface area contributed by atoms with Crippen LogP contribution in [-0.4, -0.2) is 22.9 Å². The van der Waals surface area contributed by atoms with Crippen LogP contribution in [0.1, 0.15) is 12.5 Å². The van der Waals surface area contributed by atoms with Crippen LogP contribution in [0.4, 0.5) is 5.69 Å². The van der Waals surface area contributed by atoms with Gasteiger partial charge >= 0.3 is 0 Å². The van der Waals surface area contributed by atoms with E-state index in [1.165, 1.54) is 11.8 Å². The number of rotatable bonds is 4. The third-order valence-electron chi connectivity index (χ3n) is 4.21. The number of nitrogens with one attached hydrogen (secondary N) is 1. The molecule has 1 aliphatic rings. The summed E-state index contributed by atoms with van der Waals surface area (Å²) in [6.45, 7) is 4.15. The fraction of sp³-hybridized carbons (Fsp3) is 0.200. The molecule has 1 amide bonds. The van der Waals surface area contributed by atoms with Gasteiger partial charge in [0.15, 0.2) is 11.5 Å². The number of hydrogen-bond donors (Lipinski definition) is 1. The second-order valence-corrected chi connectivity index (χ2v) is 7.47. The highest BCUT2D eigenvalue weighted by molar-refractivity contribution is 8.00. The topological polar surface area (TPSA) is 60.5 Å². The molecule has 0 radical (unpaired) electrons. The van der Waals surface area contributed by atoms with E-state index >= 15 is 0 Å². The van der Waals surface area contributed by atoms with E-state index < -0.39 is 0 Å². The first kappa shape index (κ1) is 16.7. The Labute approximate surface area is 155 Å². The predicted octanol–water partition coefficient (Wildman–Crippen LogP) is 4.39. The van der Waals surface area contributed by atoms with Crippen molar-refractivity contribution >= 4 is 34.3 Å². The number of carbonyl (C=O) groups excluding carboxylic acids is 1. The van der Waals surface area contributed by atoms with Crippen molar-refractivity contribution in [3.05, 3.63) is 54.1 Å². The summed E-state index contributed by atoms with van der Waals surface area (Å²) in [5.41, 5.74) is 2.79. The Hall–Kier alpha value is -2.73. The third-order valence-corrected chi connectivity index (χ3v) is 5.22. The van der Waals surface area contributed by atoms with Gasteiger partial charge in [-0.25, -0.2) is 4.98 Å². The highest BCUT2D eigenvalue weighted by atomic mass is 32.2. The normalized spacial score (nSPS) is 13.6. The lowest BCUT2D eigenvalue weighted by molar-refractivity contribution is -0.115. The number of pyridine rings is 1. The summed E-state index contributed by atoms with van der Waals surface area (Å²) in [4.78, 5) is 17.2. The zero-order valence-electron chi connectivity index (χ0n) is 14.5. The number of aryl methyl sites for hydroxylation is 1. The summed E-state index contributed by atoms with van der Waals surface area (Å²) < 4.78 is 10.6. The van der Waals surface area contributed by atoms with E-state index in [4.69, 9.17) is 9.47 Å². The molecule has 1 unspecified atom stereocenters. The zero-order valence-corrected chi connectivity index (χ0v) is 15.3. The number of benzene rings is 2. The second-order valence-electron chi connectivity index (χ2n) is 6.11. The SMILES string of the molecule is Cc1cc(SC(C)C(=O)Nc2ccc3c(c2)OCO3)nc2ccccc12. The van der Waals surface area contributed by atoms with Gasteiger partial charge in [-0.2, -0.15) is 0 Å². The van der Waals surface area contributed by atoms with Gasteiger partial charge in [0.1, 0.15) is 0 Å². The number of ether oxygens (including phenoxy) is 2. The molecule has 0 aliphatic carbocycles. The molecule has 26 heavy (non-hydrogen) atoms. The number of aromatic nitrogens is 1. The number of hydrogen-bond acceptors (Lipinski definition) is 5. The standard InChI is InChI=1S/C20H18N2O3S/c1-12-9-19(22-16-6-4-3-5-15(12)16)26-13(2)20(23)21-14-7-8-17-18(10-14)25-11-24-17/h3-10,13H,11H2,1-2H3,(H,21,23). The van der Waals surface area contributed by atoms with Gasteiger partial charge < -0.3 is 14.8 Å². The van der Waals surface area contributed by atoms with Crippen LogP contribution in [0.15, 0.2) is 53.6 Å². The van der Waals surface area contributed by atoms with Crippen LogP contribution in [0.3, 0.4) is 0 Å². The average Bonchev–Trinajstić information content (AvgIpc) is 3.09. The zero-order chi connectivity index (χ0) is 18.1. The van der Waals surface area contributed by atoms with Crippen LogP contribution >= 0.6 is 11.8 Å². The number of anilines is 1. The number of fused-ring (bicyclic) bond motifs is 2. The number of thioether (sulfide) groups is 1. The number of para-hydroxylation sites is 1. The van der Waals surface area contributed by atoms with Gasteiger partial charge in [-0.1, -0.05) is 30.0 Å². The maximum atomic E-state index is 12.5. The highest BCUT2D eigenvalue weighted by Crippen LogP contribution is 2.34. The van der Waals surface area contributed by atoms with Gasteiger partial charge in [0, 0.05) is 17.1 Å². The van der Waals surface area contributed by atoms with E-state index in [-0.39, 0.29) is 18.0 Å². The van der Waals surface area contributed by atoms with E-state index in [9.17, 15) is 4.79 Å². The monoisotopic (exact) mass is 366 g/mol. The minimum atomic E-state index is -0.284. The summed E-state index contributed by atoms with van der Waals surface area (Å²) in [6, 6.07) is 15.4. The maximum absolute atomic E-state index is 12.5. The van der Waals surface area contributed by atoms with Gasteiger partial charge in [-0.05, 0) is 43.7 Å². The molecule has 1 aliphatic heterocycles. The quantitative estimate of drug-likeness (QED) is 0.694. The molecule has 1 aromatic heterocycles. The van der Waals surface area contributed by atoms with Crippen molar-refractivity contribution in [1.82, 2.24) is 4.98 Å². The fourth-order valence-corrected chi connectivity index (χ4v) is 3.76. The van der Waals surface area contributed by atoms with Crippen LogP contribution < -0.4 is 14.8 Å². The van der Waals surface area contributed by atoms with Crippen molar-refractivity contribution < 1.29 is 14.3 Å². The van der Waals surface area contributed by atoms with E-state index in [1.807, 2.05) is 31.2 Å². The molecule has 0 saturated carbocycles. The van der Waals surface area contributed by atoms with Crippen LogP contribution in [0.2, 0.25) is 0 Å². The first-order valence-electron chi connectivity index (χ1n) is 8.34. The molecule has 0 spiro atoms. The Balaban J connectivity index is 1.47. The van der Waals surface area contributed by atoms with Gasteiger partial charge in [0.2, 0.25) is 12.7 Å². The minimum Gasteiger partial charge on any atom is -0.454 e. The van der Waals surface area contributed by atoms with Crippen molar-refractivity contribution in [2.75, 3.05) is 12.1 Å². The smallest absolute Gasteiger partial charge is 0.237 e. The van der Waals surface area contributed by atoms with E-state index in [0.717, 1.165) is 21.5 Å². The van der Waals surface area contributed by atoms with Crippen LogP contribution in [-0.2, 0) is 4.79 Å². The Morgan fingerprint density at radius 2 is 1.96 bits per heavy atom. The molecule has 1 atom stereocenters. The molecule has 1 N–H and O–H groups in total. The first-order valence-corrected chi connectivity index (χ1v) is 9.22. The van der Waals surface area contributed by atoms with Crippen LogP contribution in [0, 0.1) is 6.92 Å². The summed E-state index contributed by atoms with van der Waals surface area (Å²) >= 11 is 1.45. The van der Waals surface area contributed by atoms with Gasteiger partial charge in [0.05, 0.1) is 15.8 Å². The molecule has 6 heteroatoms. The molecule has 0 saturated heterocycles. The molecule has 0 bridgehead atoms. The fourth-order valence-electron chi connectivity index (χ4n) is 2.83. The molecular formula is C20H18N2O3S. The molecule has 5 nitrogen and oxygen atoms in total. The summed E-state index contributed by atoms with van der Waals surface area (Å²) in [5.74, 6) is 1.26. The number of carbonyl (C=O) groups is 1.